The summed E-state index contributed by atoms with van der Waals surface area (Å²) in [7, 11) is 0. The SMILES string of the molecule is CCC1CN(Cc2ccccc2N)CCS1. The van der Waals surface area contributed by atoms with Gasteiger partial charge in [-0.3, -0.25) is 4.90 Å². The van der Waals surface area contributed by atoms with Crippen LogP contribution in [0, 0.1) is 0 Å². The molecule has 1 atom stereocenters. The average Bonchev–Trinajstić information content (AvgIpc) is 2.32. The van der Waals surface area contributed by atoms with Crippen LogP contribution in [0.2, 0.25) is 0 Å². The van der Waals surface area contributed by atoms with Crippen molar-refractivity contribution < 1.29 is 0 Å². The fraction of sp³-hybridized carbons (Fsp3) is 0.538. The van der Waals surface area contributed by atoms with E-state index in [0.717, 1.165) is 17.5 Å². The lowest BCUT2D eigenvalue weighted by Gasteiger charge is -2.32. The van der Waals surface area contributed by atoms with E-state index in [1.165, 1.54) is 30.8 Å². The number of nitrogens with two attached hydrogens (primary N) is 1. The summed E-state index contributed by atoms with van der Waals surface area (Å²) in [4.78, 5) is 2.52. The van der Waals surface area contributed by atoms with Crippen molar-refractivity contribution in [2.45, 2.75) is 25.1 Å². The molecule has 1 heterocycles. The van der Waals surface area contributed by atoms with Crippen molar-refractivity contribution >= 4 is 17.4 Å². The second-order valence-corrected chi connectivity index (χ2v) is 5.74. The van der Waals surface area contributed by atoms with Crippen molar-refractivity contribution in [3.63, 3.8) is 0 Å². The highest BCUT2D eigenvalue weighted by Crippen LogP contribution is 2.23. The van der Waals surface area contributed by atoms with Crippen LogP contribution in [-0.4, -0.2) is 29.0 Å². The summed E-state index contributed by atoms with van der Waals surface area (Å²) < 4.78 is 0. The molecule has 1 saturated heterocycles. The molecule has 0 radical (unpaired) electrons. The largest absolute Gasteiger partial charge is 0.398 e. The van der Waals surface area contributed by atoms with Crippen LogP contribution in [0.3, 0.4) is 0 Å². The second-order valence-electron chi connectivity index (χ2n) is 4.33. The summed E-state index contributed by atoms with van der Waals surface area (Å²) >= 11 is 2.11. The summed E-state index contributed by atoms with van der Waals surface area (Å²) in [6, 6.07) is 8.20. The molecular weight excluding hydrogens is 216 g/mol. The standard InChI is InChI=1S/C13H20N2S/c1-2-12-10-15(7-8-16-12)9-11-5-3-4-6-13(11)14/h3-6,12H,2,7-10,14H2,1H3. The molecule has 0 saturated carbocycles. The molecule has 0 aromatic heterocycles. The maximum Gasteiger partial charge on any atom is 0.0359 e. The van der Waals surface area contributed by atoms with Crippen LogP contribution in [-0.2, 0) is 6.54 Å². The van der Waals surface area contributed by atoms with Gasteiger partial charge in [-0.25, -0.2) is 0 Å². The highest BCUT2D eigenvalue weighted by atomic mass is 32.2. The number of nitrogens with zero attached hydrogens (tertiary/aromatic N) is 1. The normalized spacial score (nSPS) is 22.2. The van der Waals surface area contributed by atoms with E-state index in [1.54, 1.807) is 0 Å². The molecule has 1 unspecified atom stereocenters. The van der Waals surface area contributed by atoms with E-state index < -0.39 is 0 Å². The minimum Gasteiger partial charge on any atom is -0.398 e. The van der Waals surface area contributed by atoms with Crippen LogP contribution in [0.15, 0.2) is 24.3 Å². The molecule has 1 aromatic carbocycles. The Bertz CT molecular complexity index is 340. The molecule has 88 valence electrons. The molecule has 1 aliphatic heterocycles. The van der Waals surface area contributed by atoms with Crippen LogP contribution >= 0.6 is 11.8 Å². The zero-order valence-electron chi connectivity index (χ0n) is 9.86. The summed E-state index contributed by atoms with van der Waals surface area (Å²) in [6.45, 7) is 5.67. The van der Waals surface area contributed by atoms with Gasteiger partial charge >= 0.3 is 0 Å². The number of thioether (sulfide) groups is 1. The number of para-hydroxylation sites is 1. The molecule has 0 bridgehead atoms. The number of nitrogen functional groups attached to an aromatic ring is 1. The van der Waals surface area contributed by atoms with Crippen molar-refractivity contribution in [1.82, 2.24) is 4.90 Å². The lowest BCUT2D eigenvalue weighted by Crippen LogP contribution is -2.37. The molecule has 1 aliphatic rings. The average molecular weight is 236 g/mol. The topological polar surface area (TPSA) is 29.3 Å². The minimum absolute atomic E-state index is 0.804. The summed E-state index contributed by atoms with van der Waals surface area (Å²) in [6.07, 6.45) is 1.27. The van der Waals surface area contributed by atoms with Crippen molar-refractivity contribution in [1.29, 1.82) is 0 Å². The van der Waals surface area contributed by atoms with E-state index in [2.05, 4.69) is 35.7 Å². The molecule has 0 aliphatic carbocycles. The Morgan fingerprint density at radius 1 is 1.44 bits per heavy atom. The van der Waals surface area contributed by atoms with E-state index in [1.807, 2.05) is 12.1 Å². The van der Waals surface area contributed by atoms with Gasteiger partial charge < -0.3 is 5.73 Å². The third-order valence-corrected chi connectivity index (χ3v) is 4.50. The van der Waals surface area contributed by atoms with Gasteiger partial charge in [0.05, 0.1) is 0 Å². The van der Waals surface area contributed by atoms with Gasteiger partial charge in [0.15, 0.2) is 0 Å². The fourth-order valence-electron chi connectivity index (χ4n) is 2.09. The lowest BCUT2D eigenvalue weighted by atomic mass is 10.1. The molecule has 0 spiro atoms. The highest BCUT2D eigenvalue weighted by molar-refractivity contribution is 8.00. The van der Waals surface area contributed by atoms with Gasteiger partial charge in [0, 0.05) is 36.3 Å². The Balaban J connectivity index is 1.97. The smallest absolute Gasteiger partial charge is 0.0359 e. The predicted octanol–water partition coefficient (Wildman–Crippen LogP) is 2.60. The lowest BCUT2D eigenvalue weighted by molar-refractivity contribution is 0.273. The van der Waals surface area contributed by atoms with Crippen molar-refractivity contribution in [2.24, 2.45) is 0 Å². The molecule has 16 heavy (non-hydrogen) atoms. The first-order chi connectivity index (χ1) is 7.79. The fourth-order valence-corrected chi connectivity index (χ4v) is 3.34. The Morgan fingerprint density at radius 3 is 3.00 bits per heavy atom. The third kappa shape index (κ3) is 2.92. The first-order valence-corrected chi connectivity index (χ1v) is 7.01. The Hall–Kier alpha value is -0.670. The highest BCUT2D eigenvalue weighted by Gasteiger charge is 2.19. The van der Waals surface area contributed by atoms with Crippen LogP contribution in [0.4, 0.5) is 5.69 Å². The quantitative estimate of drug-likeness (QED) is 0.818. The van der Waals surface area contributed by atoms with Crippen LogP contribution < -0.4 is 5.73 Å². The van der Waals surface area contributed by atoms with Gasteiger partial charge in [0.2, 0.25) is 0 Å². The number of hydrogen-bond acceptors (Lipinski definition) is 3. The first-order valence-electron chi connectivity index (χ1n) is 5.97. The third-order valence-electron chi connectivity index (χ3n) is 3.13. The number of benzene rings is 1. The minimum atomic E-state index is 0.804. The second kappa shape index (κ2) is 5.60. The van der Waals surface area contributed by atoms with Gasteiger partial charge in [-0.05, 0) is 18.1 Å². The van der Waals surface area contributed by atoms with Crippen molar-refractivity contribution in [3.05, 3.63) is 29.8 Å². The molecule has 0 amide bonds. The molecular formula is C13H20N2S. The molecule has 3 heteroatoms. The summed E-state index contributed by atoms with van der Waals surface area (Å²) in [5.41, 5.74) is 8.17. The van der Waals surface area contributed by atoms with Gasteiger partial charge in [0.1, 0.15) is 0 Å². The molecule has 2 nitrogen and oxygen atoms in total. The number of hydrogen-bond donors (Lipinski definition) is 1. The Morgan fingerprint density at radius 2 is 2.25 bits per heavy atom. The maximum absolute atomic E-state index is 5.97. The zero-order chi connectivity index (χ0) is 11.4. The van der Waals surface area contributed by atoms with Gasteiger partial charge in [-0.1, -0.05) is 25.1 Å². The zero-order valence-corrected chi connectivity index (χ0v) is 10.7. The van der Waals surface area contributed by atoms with Gasteiger partial charge in [-0.15, -0.1) is 0 Å². The van der Waals surface area contributed by atoms with E-state index in [4.69, 9.17) is 5.73 Å². The Kier molecular flexibility index (Phi) is 4.13. The summed E-state index contributed by atoms with van der Waals surface area (Å²) in [5, 5.41) is 0.804. The van der Waals surface area contributed by atoms with Gasteiger partial charge in [0.25, 0.3) is 0 Å². The molecule has 1 fully saturated rings. The van der Waals surface area contributed by atoms with Crippen molar-refractivity contribution in [3.8, 4) is 0 Å². The molecule has 1 aromatic rings. The number of anilines is 1. The maximum atomic E-state index is 5.97. The van der Waals surface area contributed by atoms with E-state index in [0.29, 0.717) is 0 Å². The van der Waals surface area contributed by atoms with Crippen molar-refractivity contribution in [2.75, 3.05) is 24.6 Å². The van der Waals surface area contributed by atoms with Crippen LogP contribution in [0.25, 0.3) is 0 Å². The molecule has 2 N–H and O–H groups in total. The Labute approximate surface area is 102 Å². The van der Waals surface area contributed by atoms with Gasteiger partial charge in [-0.2, -0.15) is 11.8 Å². The predicted molar refractivity (Wildman–Crippen MR) is 72.7 cm³/mol. The number of rotatable bonds is 3. The van der Waals surface area contributed by atoms with Crippen LogP contribution in [0.1, 0.15) is 18.9 Å². The van der Waals surface area contributed by atoms with E-state index in [9.17, 15) is 0 Å². The van der Waals surface area contributed by atoms with E-state index >= 15 is 0 Å². The van der Waals surface area contributed by atoms with Crippen LogP contribution in [0.5, 0.6) is 0 Å². The molecule has 2 rings (SSSR count). The summed E-state index contributed by atoms with van der Waals surface area (Å²) in [5.74, 6) is 1.26. The van der Waals surface area contributed by atoms with E-state index in [-0.39, 0.29) is 0 Å². The first kappa shape index (κ1) is 11.8. The monoisotopic (exact) mass is 236 g/mol.